The van der Waals surface area contributed by atoms with Crippen molar-refractivity contribution in [2.45, 2.75) is 38.8 Å². The fraction of sp³-hybridized carbons (Fsp3) is 0.500. The second kappa shape index (κ2) is 5.77. The van der Waals surface area contributed by atoms with E-state index in [1.54, 1.807) is 27.8 Å². The van der Waals surface area contributed by atoms with Gasteiger partial charge in [-0.05, 0) is 32.4 Å². The lowest BCUT2D eigenvalue weighted by Crippen LogP contribution is -2.52. The first kappa shape index (κ1) is 16.2. The Kier molecular flexibility index (Phi) is 3.90. The lowest BCUT2D eigenvalue weighted by Gasteiger charge is -2.39. The summed E-state index contributed by atoms with van der Waals surface area (Å²) in [5.41, 5.74) is 1.51. The lowest BCUT2D eigenvalue weighted by molar-refractivity contribution is -0.136. The van der Waals surface area contributed by atoms with Crippen LogP contribution in [0.1, 0.15) is 32.4 Å². The maximum absolute atomic E-state index is 12.0. The molecule has 0 aliphatic carbocycles. The van der Waals surface area contributed by atoms with Gasteiger partial charge in [0.1, 0.15) is 11.1 Å². The third-order valence-electron chi connectivity index (χ3n) is 3.78. The zero-order valence-corrected chi connectivity index (χ0v) is 13.9. The van der Waals surface area contributed by atoms with Gasteiger partial charge in [-0.25, -0.2) is 9.48 Å². The number of fused-ring (bicyclic) bond motifs is 1. The number of hydrogen-bond acceptors (Lipinski definition) is 5. The average Bonchev–Trinajstić information content (AvgIpc) is 2.79. The molecule has 0 bridgehead atoms. The molecule has 3 rings (SSSR count). The van der Waals surface area contributed by atoms with Crippen LogP contribution in [0, 0.1) is 0 Å². The van der Waals surface area contributed by atoms with Crippen LogP contribution < -0.4 is 0 Å². The van der Waals surface area contributed by atoms with Gasteiger partial charge in [-0.1, -0.05) is 17.3 Å². The Labute approximate surface area is 139 Å². The Morgan fingerprint density at radius 1 is 1.33 bits per heavy atom. The molecular formula is C16H20N4O4. The highest BCUT2D eigenvalue weighted by Gasteiger charge is 2.36. The monoisotopic (exact) mass is 332 g/mol. The number of carboxylic acid groups (broad SMARTS) is 1. The molecule has 2 heterocycles. The molecule has 8 nitrogen and oxygen atoms in total. The molecule has 0 spiro atoms. The van der Waals surface area contributed by atoms with Crippen LogP contribution in [0.2, 0.25) is 0 Å². The molecule has 1 saturated heterocycles. The van der Waals surface area contributed by atoms with Gasteiger partial charge < -0.3 is 14.7 Å². The van der Waals surface area contributed by atoms with Crippen molar-refractivity contribution in [3.63, 3.8) is 0 Å². The van der Waals surface area contributed by atoms with Gasteiger partial charge in [-0.3, -0.25) is 4.79 Å². The summed E-state index contributed by atoms with van der Waals surface area (Å²) in [7, 11) is 0. The van der Waals surface area contributed by atoms with E-state index >= 15 is 0 Å². The summed E-state index contributed by atoms with van der Waals surface area (Å²) in [6, 6.07) is 5.31. The van der Waals surface area contributed by atoms with Gasteiger partial charge >= 0.3 is 12.1 Å². The van der Waals surface area contributed by atoms with Crippen LogP contribution in [-0.4, -0.2) is 55.8 Å². The molecule has 24 heavy (non-hydrogen) atoms. The molecule has 0 saturated carbocycles. The van der Waals surface area contributed by atoms with Crippen molar-refractivity contribution in [1.29, 1.82) is 0 Å². The second-order valence-electron chi connectivity index (χ2n) is 6.93. The van der Waals surface area contributed by atoms with E-state index in [1.807, 2.05) is 20.8 Å². The summed E-state index contributed by atoms with van der Waals surface area (Å²) in [5, 5.41) is 17.3. The Hall–Kier alpha value is -2.64. The number of rotatable bonds is 3. The van der Waals surface area contributed by atoms with Gasteiger partial charge in [0.2, 0.25) is 0 Å². The van der Waals surface area contributed by atoms with E-state index in [0.717, 1.165) is 0 Å². The number of likely N-dealkylation sites (tertiary alicyclic amines) is 1. The van der Waals surface area contributed by atoms with Gasteiger partial charge in [-0.2, -0.15) is 0 Å². The Bertz CT molecular complexity index is 787. The minimum absolute atomic E-state index is 0.0301. The first-order chi connectivity index (χ1) is 11.2. The van der Waals surface area contributed by atoms with E-state index < -0.39 is 11.6 Å². The van der Waals surface area contributed by atoms with Gasteiger partial charge in [0, 0.05) is 13.1 Å². The van der Waals surface area contributed by atoms with E-state index in [2.05, 4.69) is 10.3 Å². The van der Waals surface area contributed by atoms with Gasteiger partial charge in [0.25, 0.3) is 0 Å². The molecule has 1 fully saturated rings. The number of hydrogen-bond donors (Lipinski definition) is 1. The maximum Gasteiger partial charge on any atom is 0.410 e. The van der Waals surface area contributed by atoms with Gasteiger partial charge in [0.05, 0.1) is 18.0 Å². The molecule has 0 radical (unpaired) electrons. The van der Waals surface area contributed by atoms with Crippen LogP contribution in [0.25, 0.3) is 11.0 Å². The maximum atomic E-state index is 12.0. The number of nitrogens with zero attached hydrogens (tertiary/aromatic N) is 4. The fourth-order valence-electron chi connectivity index (χ4n) is 2.71. The van der Waals surface area contributed by atoms with E-state index in [1.165, 1.54) is 0 Å². The SMILES string of the molecule is CC(C)(C)OC(=O)N1CC(n2nnc3cccc(CC(=O)O)c32)C1. The molecule has 128 valence electrons. The molecule has 1 aliphatic heterocycles. The minimum atomic E-state index is -0.903. The lowest BCUT2D eigenvalue weighted by atomic mass is 10.1. The van der Waals surface area contributed by atoms with Gasteiger partial charge in [-0.15, -0.1) is 5.10 Å². The van der Waals surface area contributed by atoms with E-state index in [9.17, 15) is 9.59 Å². The molecule has 2 aromatic rings. The zero-order valence-electron chi connectivity index (χ0n) is 13.9. The summed E-state index contributed by atoms with van der Waals surface area (Å²) >= 11 is 0. The Morgan fingerprint density at radius 3 is 2.67 bits per heavy atom. The Balaban J connectivity index is 1.78. The van der Waals surface area contributed by atoms with Crippen LogP contribution in [0.4, 0.5) is 4.79 Å². The zero-order chi connectivity index (χ0) is 17.5. The van der Waals surface area contributed by atoms with Crippen molar-refractivity contribution in [3.05, 3.63) is 23.8 Å². The number of carbonyl (C=O) groups excluding carboxylic acids is 1. The number of amides is 1. The normalized spacial score (nSPS) is 15.4. The highest BCUT2D eigenvalue weighted by atomic mass is 16.6. The quantitative estimate of drug-likeness (QED) is 0.921. The van der Waals surface area contributed by atoms with Crippen LogP contribution in [0.15, 0.2) is 18.2 Å². The van der Waals surface area contributed by atoms with Gasteiger partial charge in [0.15, 0.2) is 0 Å². The fourth-order valence-corrected chi connectivity index (χ4v) is 2.71. The molecular weight excluding hydrogens is 312 g/mol. The minimum Gasteiger partial charge on any atom is -0.481 e. The van der Waals surface area contributed by atoms with E-state index in [0.29, 0.717) is 29.7 Å². The summed E-state index contributed by atoms with van der Waals surface area (Å²) in [5.74, 6) is -0.903. The van der Waals surface area contributed by atoms with Crippen LogP contribution in [0.5, 0.6) is 0 Å². The molecule has 1 aliphatic rings. The molecule has 1 aromatic heterocycles. The van der Waals surface area contributed by atoms with Crippen molar-refractivity contribution < 1.29 is 19.4 Å². The highest BCUT2D eigenvalue weighted by Crippen LogP contribution is 2.27. The van der Waals surface area contributed by atoms with Crippen LogP contribution >= 0.6 is 0 Å². The molecule has 8 heteroatoms. The third kappa shape index (κ3) is 3.17. The molecule has 1 N–H and O–H groups in total. The highest BCUT2D eigenvalue weighted by molar-refractivity contribution is 5.83. The molecule has 0 atom stereocenters. The predicted molar refractivity (Wildman–Crippen MR) is 85.7 cm³/mol. The van der Waals surface area contributed by atoms with Crippen molar-refractivity contribution in [1.82, 2.24) is 19.9 Å². The first-order valence-corrected chi connectivity index (χ1v) is 7.77. The van der Waals surface area contributed by atoms with E-state index in [4.69, 9.17) is 9.84 Å². The number of benzene rings is 1. The number of para-hydroxylation sites is 1. The molecule has 1 aromatic carbocycles. The standard InChI is InChI=1S/C16H20N4O4/c1-16(2,3)24-15(23)19-8-11(9-19)20-14-10(7-13(21)22)5-4-6-12(14)17-18-20/h4-6,11H,7-9H2,1-3H3,(H,21,22). The molecule has 0 unspecified atom stereocenters. The number of aliphatic carboxylic acids is 1. The topological polar surface area (TPSA) is 97.5 Å². The number of carboxylic acids is 1. The smallest absolute Gasteiger partial charge is 0.410 e. The Morgan fingerprint density at radius 2 is 2.04 bits per heavy atom. The second-order valence-corrected chi connectivity index (χ2v) is 6.93. The van der Waals surface area contributed by atoms with Crippen molar-refractivity contribution >= 4 is 23.1 Å². The van der Waals surface area contributed by atoms with Crippen LogP contribution in [-0.2, 0) is 16.0 Å². The van der Waals surface area contributed by atoms with Crippen molar-refractivity contribution in [2.24, 2.45) is 0 Å². The first-order valence-electron chi connectivity index (χ1n) is 7.77. The van der Waals surface area contributed by atoms with Crippen molar-refractivity contribution in [3.8, 4) is 0 Å². The van der Waals surface area contributed by atoms with Crippen LogP contribution in [0.3, 0.4) is 0 Å². The summed E-state index contributed by atoms with van der Waals surface area (Å²) in [4.78, 5) is 24.7. The summed E-state index contributed by atoms with van der Waals surface area (Å²) in [6.45, 7) is 6.41. The summed E-state index contributed by atoms with van der Waals surface area (Å²) < 4.78 is 7.05. The van der Waals surface area contributed by atoms with Crippen molar-refractivity contribution in [2.75, 3.05) is 13.1 Å². The number of carbonyl (C=O) groups is 2. The number of aromatic nitrogens is 3. The number of ether oxygens (including phenoxy) is 1. The van der Waals surface area contributed by atoms with E-state index in [-0.39, 0.29) is 18.6 Å². The predicted octanol–water partition coefficient (Wildman–Crippen LogP) is 1.85. The largest absolute Gasteiger partial charge is 0.481 e. The summed E-state index contributed by atoms with van der Waals surface area (Å²) in [6.07, 6.45) is -0.443. The molecule has 1 amide bonds. The average molecular weight is 332 g/mol. The third-order valence-corrected chi connectivity index (χ3v) is 3.78.